The van der Waals surface area contributed by atoms with Gasteiger partial charge in [-0.1, -0.05) is 17.7 Å². The van der Waals surface area contributed by atoms with Gasteiger partial charge in [0.05, 0.1) is 20.2 Å². The number of halogens is 1. The van der Waals surface area contributed by atoms with Crippen LogP contribution in [0.3, 0.4) is 0 Å². The van der Waals surface area contributed by atoms with Crippen molar-refractivity contribution in [3.63, 3.8) is 0 Å². The Labute approximate surface area is 167 Å². The van der Waals surface area contributed by atoms with Crippen molar-refractivity contribution in [3.8, 4) is 11.6 Å². The standard InChI is InChI=1S/C19H20ClN5O3/c1-27-17-9-13(5-6-22-17)11-25-12-16(18(21)24-25)19(26)23-7-8-28-15-4-2-3-14(20)10-15/h2-6,9-10,12H,7-8,11H2,1H3,(H2,21,24)(H,23,26). The van der Waals surface area contributed by atoms with Crippen LogP contribution in [-0.4, -0.2) is 40.9 Å². The fourth-order valence-corrected chi connectivity index (χ4v) is 2.71. The lowest BCUT2D eigenvalue weighted by Gasteiger charge is -2.07. The molecule has 1 amide bonds. The van der Waals surface area contributed by atoms with E-state index in [9.17, 15) is 4.79 Å². The van der Waals surface area contributed by atoms with Crippen LogP contribution in [0, 0.1) is 0 Å². The minimum absolute atomic E-state index is 0.161. The summed E-state index contributed by atoms with van der Waals surface area (Å²) in [5.41, 5.74) is 7.12. The molecule has 0 bridgehead atoms. The SMILES string of the molecule is COc1cc(Cn2cc(C(=O)NCCOc3cccc(Cl)c3)c(N)n2)ccn1. The molecule has 9 heteroatoms. The molecule has 1 aromatic carbocycles. The Bertz CT molecular complexity index is 960. The quantitative estimate of drug-likeness (QED) is 0.561. The number of pyridine rings is 1. The number of nitrogens with one attached hydrogen (secondary N) is 1. The molecular weight excluding hydrogens is 382 g/mol. The van der Waals surface area contributed by atoms with Crippen LogP contribution < -0.4 is 20.5 Å². The molecule has 0 unspecified atom stereocenters. The maximum atomic E-state index is 12.3. The van der Waals surface area contributed by atoms with E-state index < -0.39 is 0 Å². The highest BCUT2D eigenvalue weighted by atomic mass is 35.5. The first-order valence-corrected chi connectivity index (χ1v) is 8.91. The van der Waals surface area contributed by atoms with Crippen molar-refractivity contribution in [1.29, 1.82) is 0 Å². The number of anilines is 1. The number of carbonyl (C=O) groups excluding carboxylic acids is 1. The molecule has 28 heavy (non-hydrogen) atoms. The van der Waals surface area contributed by atoms with E-state index in [-0.39, 0.29) is 11.7 Å². The van der Waals surface area contributed by atoms with E-state index in [0.29, 0.717) is 41.9 Å². The van der Waals surface area contributed by atoms with Gasteiger partial charge in [0.15, 0.2) is 5.82 Å². The van der Waals surface area contributed by atoms with Gasteiger partial charge in [0.1, 0.15) is 17.9 Å². The summed E-state index contributed by atoms with van der Waals surface area (Å²) in [5, 5.41) is 7.55. The van der Waals surface area contributed by atoms with Crippen LogP contribution in [0.2, 0.25) is 5.02 Å². The van der Waals surface area contributed by atoms with E-state index >= 15 is 0 Å². The molecule has 146 valence electrons. The molecule has 8 nitrogen and oxygen atoms in total. The molecule has 2 aromatic heterocycles. The smallest absolute Gasteiger partial charge is 0.256 e. The van der Waals surface area contributed by atoms with Crippen LogP contribution in [0.15, 0.2) is 48.8 Å². The molecule has 3 N–H and O–H groups in total. The third-order valence-electron chi connectivity index (χ3n) is 3.84. The van der Waals surface area contributed by atoms with E-state index in [2.05, 4.69) is 15.4 Å². The molecule has 2 heterocycles. The predicted molar refractivity (Wildman–Crippen MR) is 106 cm³/mol. The number of methoxy groups -OCH3 is 1. The molecular formula is C19H20ClN5O3. The maximum Gasteiger partial charge on any atom is 0.256 e. The van der Waals surface area contributed by atoms with E-state index in [1.165, 1.54) is 0 Å². The largest absolute Gasteiger partial charge is 0.492 e. The number of hydrogen-bond acceptors (Lipinski definition) is 6. The average molecular weight is 402 g/mol. The van der Waals surface area contributed by atoms with Gasteiger partial charge in [-0.15, -0.1) is 0 Å². The minimum Gasteiger partial charge on any atom is -0.492 e. The summed E-state index contributed by atoms with van der Waals surface area (Å²) >= 11 is 5.90. The van der Waals surface area contributed by atoms with Crippen molar-refractivity contribution >= 4 is 23.3 Å². The third kappa shape index (κ3) is 5.14. The second-order valence-electron chi connectivity index (χ2n) is 5.89. The molecule has 0 aliphatic heterocycles. The summed E-state index contributed by atoms with van der Waals surface area (Å²) in [7, 11) is 1.55. The second kappa shape index (κ2) is 9.09. The van der Waals surface area contributed by atoms with Crippen LogP contribution in [0.25, 0.3) is 0 Å². The second-order valence-corrected chi connectivity index (χ2v) is 6.33. The molecule has 0 saturated carbocycles. The maximum absolute atomic E-state index is 12.3. The van der Waals surface area contributed by atoms with E-state index in [1.807, 2.05) is 6.07 Å². The van der Waals surface area contributed by atoms with Crippen molar-refractivity contribution in [2.24, 2.45) is 0 Å². The number of rotatable bonds is 8. The molecule has 0 aliphatic rings. The number of nitrogens with two attached hydrogens (primary N) is 1. The van der Waals surface area contributed by atoms with Crippen molar-refractivity contribution in [2.75, 3.05) is 26.0 Å². The molecule has 0 aliphatic carbocycles. The lowest BCUT2D eigenvalue weighted by atomic mass is 10.2. The minimum atomic E-state index is -0.314. The van der Waals surface area contributed by atoms with Gasteiger partial charge in [-0.25, -0.2) is 4.98 Å². The lowest BCUT2D eigenvalue weighted by Crippen LogP contribution is -2.28. The van der Waals surface area contributed by atoms with Gasteiger partial charge < -0.3 is 20.5 Å². The van der Waals surface area contributed by atoms with Gasteiger partial charge in [-0.3, -0.25) is 9.48 Å². The predicted octanol–water partition coefficient (Wildman–Crippen LogP) is 2.38. The first-order valence-electron chi connectivity index (χ1n) is 8.53. The average Bonchev–Trinajstić information content (AvgIpc) is 3.05. The summed E-state index contributed by atoms with van der Waals surface area (Å²) in [6.45, 7) is 1.06. The molecule has 0 radical (unpaired) electrons. The number of ether oxygens (including phenoxy) is 2. The molecule has 0 atom stereocenters. The number of nitrogen functional groups attached to an aromatic ring is 1. The van der Waals surface area contributed by atoms with Gasteiger partial charge in [-0.05, 0) is 29.8 Å². The number of aromatic nitrogens is 3. The number of nitrogens with zero attached hydrogens (tertiary/aromatic N) is 3. The van der Waals surface area contributed by atoms with Crippen molar-refractivity contribution in [1.82, 2.24) is 20.1 Å². The normalized spacial score (nSPS) is 10.5. The Balaban J connectivity index is 1.54. The van der Waals surface area contributed by atoms with Crippen LogP contribution in [0.4, 0.5) is 5.82 Å². The van der Waals surface area contributed by atoms with Gasteiger partial charge in [-0.2, -0.15) is 5.10 Å². The fraction of sp³-hybridized carbons (Fsp3) is 0.211. The Hall–Kier alpha value is -3.26. The summed E-state index contributed by atoms with van der Waals surface area (Å²) in [6.07, 6.45) is 3.25. The Kier molecular flexibility index (Phi) is 6.33. The molecule has 0 fully saturated rings. The van der Waals surface area contributed by atoms with Crippen molar-refractivity contribution < 1.29 is 14.3 Å². The molecule has 0 spiro atoms. The van der Waals surface area contributed by atoms with Gasteiger partial charge >= 0.3 is 0 Å². The monoisotopic (exact) mass is 401 g/mol. The van der Waals surface area contributed by atoms with Gasteiger partial charge in [0, 0.05) is 23.5 Å². The van der Waals surface area contributed by atoms with Crippen LogP contribution in [-0.2, 0) is 6.54 Å². The lowest BCUT2D eigenvalue weighted by molar-refractivity contribution is 0.0947. The van der Waals surface area contributed by atoms with Crippen LogP contribution in [0.5, 0.6) is 11.6 Å². The van der Waals surface area contributed by atoms with E-state index in [1.54, 1.807) is 54.5 Å². The first kappa shape index (κ1) is 19.5. The van der Waals surface area contributed by atoms with Gasteiger partial charge in [0.25, 0.3) is 5.91 Å². The van der Waals surface area contributed by atoms with E-state index in [4.69, 9.17) is 26.8 Å². The molecule has 0 saturated heterocycles. The number of amides is 1. The topological polar surface area (TPSA) is 104 Å². The zero-order valence-corrected chi connectivity index (χ0v) is 16.0. The van der Waals surface area contributed by atoms with E-state index in [0.717, 1.165) is 5.56 Å². The number of hydrogen-bond donors (Lipinski definition) is 2. The van der Waals surface area contributed by atoms with Crippen LogP contribution in [0.1, 0.15) is 15.9 Å². The fourth-order valence-electron chi connectivity index (χ4n) is 2.53. The van der Waals surface area contributed by atoms with Crippen molar-refractivity contribution in [2.45, 2.75) is 6.54 Å². The highest BCUT2D eigenvalue weighted by molar-refractivity contribution is 6.30. The van der Waals surface area contributed by atoms with Gasteiger partial charge in [0.2, 0.25) is 5.88 Å². The Morgan fingerprint density at radius 1 is 1.32 bits per heavy atom. The number of carbonyl (C=O) groups is 1. The van der Waals surface area contributed by atoms with Crippen LogP contribution >= 0.6 is 11.6 Å². The third-order valence-corrected chi connectivity index (χ3v) is 4.08. The number of benzene rings is 1. The molecule has 3 aromatic rings. The summed E-state index contributed by atoms with van der Waals surface area (Å²) in [5.74, 6) is 0.997. The summed E-state index contributed by atoms with van der Waals surface area (Å²) in [6, 6.07) is 10.7. The summed E-state index contributed by atoms with van der Waals surface area (Å²) in [4.78, 5) is 16.4. The zero-order chi connectivity index (χ0) is 19.9. The molecule has 3 rings (SSSR count). The Morgan fingerprint density at radius 2 is 2.18 bits per heavy atom. The van der Waals surface area contributed by atoms with Crippen molar-refractivity contribution in [3.05, 3.63) is 64.9 Å². The Morgan fingerprint density at radius 3 is 2.96 bits per heavy atom. The summed E-state index contributed by atoms with van der Waals surface area (Å²) < 4.78 is 12.2. The first-order chi connectivity index (χ1) is 13.5. The highest BCUT2D eigenvalue weighted by Gasteiger charge is 2.14. The zero-order valence-electron chi connectivity index (χ0n) is 15.3. The highest BCUT2D eigenvalue weighted by Crippen LogP contribution is 2.17.